The van der Waals surface area contributed by atoms with E-state index in [2.05, 4.69) is 16.8 Å². The maximum absolute atomic E-state index is 12.8. The highest BCUT2D eigenvalue weighted by atomic mass is 32.1. The highest BCUT2D eigenvalue weighted by Gasteiger charge is 2.28. The normalized spacial score (nSPS) is 14.9. The maximum atomic E-state index is 12.8. The third-order valence-electron chi connectivity index (χ3n) is 4.95. The summed E-state index contributed by atoms with van der Waals surface area (Å²) in [6.45, 7) is 2.32. The molecule has 2 heterocycles. The van der Waals surface area contributed by atoms with Crippen molar-refractivity contribution < 1.29 is 14.3 Å². The van der Waals surface area contributed by atoms with E-state index in [1.807, 2.05) is 35.2 Å². The van der Waals surface area contributed by atoms with Crippen LogP contribution in [0.25, 0.3) is 0 Å². The van der Waals surface area contributed by atoms with Crippen molar-refractivity contribution >= 4 is 23.2 Å². The fourth-order valence-corrected chi connectivity index (χ4v) is 4.14. The van der Waals surface area contributed by atoms with Gasteiger partial charge in [-0.25, -0.2) is 0 Å². The molecule has 0 atom stereocenters. The quantitative estimate of drug-likeness (QED) is 0.795. The Balaban J connectivity index is 1.48. The first-order valence-electron chi connectivity index (χ1n) is 9.35. The molecule has 1 aliphatic heterocycles. The zero-order valence-electron chi connectivity index (χ0n) is 15.6. The van der Waals surface area contributed by atoms with E-state index < -0.39 is 0 Å². The molecule has 2 aromatic rings. The Hall–Kier alpha value is -2.18. The Morgan fingerprint density at radius 1 is 1.19 bits per heavy atom. The summed E-state index contributed by atoms with van der Waals surface area (Å²) in [4.78, 5) is 28.4. The average Bonchev–Trinajstić information content (AvgIpc) is 3.22. The second kappa shape index (κ2) is 9.67. The van der Waals surface area contributed by atoms with Crippen molar-refractivity contribution in [2.75, 3.05) is 26.7 Å². The lowest BCUT2D eigenvalue weighted by atomic mass is 9.95. The summed E-state index contributed by atoms with van der Waals surface area (Å²) in [7, 11) is 1.63. The van der Waals surface area contributed by atoms with Crippen molar-refractivity contribution in [2.24, 2.45) is 5.92 Å². The first kappa shape index (κ1) is 19.6. The standard InChI is InChI=1S/C21H26N2O3S/c1-26-15-17-5-2-3-7-19(17)21(25)23-12-9-16(10-13-23)20(24)22-11-8-18-6-4-14-27-18/h2-7,14,16H,8-13,15H2,1H3,(H,22,24). The predicted octanol–water partition coefficient (Wildman–Crippen LogP) is 3.11. The SMILES string of the molecule is COCc1ccccc1C(=O)N1CCC(C(=O)NCCc2cccs2)CC1. The minimum atomic E-state index is -0.00777. The van der Waals surface area contributed by atoms with Crippen LogP contribution in [0.5, 0.6) is 0 Å². The molecule has 0 saturated carbocycles. The van der Waals surface area contributed by atoms with Gasteiger partial charge in [0.25, 0.3) is 5.91 Å². The third-order valence-corrected chi connectivity index (χ3v) is 5.89. The second-order valence-electron chi connectivity index (χ2n) is 6.78. The summed E-state index contributed by atoms with van der Waals surface area (Å²) in [5.74, 6) is 0.129. The maximum Gasteiger partial charge on any atom is 0.254 e. The number of nitrogens with one attached hydrogen (secondary N) is 1. The number of rotatable bonds is 7. The lowest BCUT2D eigenvalue weighted by molar-refractivity contribution is -0.126. The first-order chi connectivity index (χ1) is 13.2. The van der Waals surface area contributed by atoms with Crippen LogP contribution in [-0.4, -0.2) is 43.5 Å². The second-order valence-corrected chi connectivity index (χ2v) is 7.81. The molecule has 1 aromatic carbocycles. The van der Waals surface area contributed by atoms with Crippen LogP contribution in [0, 0.1) is 5.92 Å². The molecule has 1 aliphatic rings. The summed E-state index contributed by atoms with van der Waals surface area (Å²) in [5.41, 5.74) is 1.59. The molecular weight excluding hydrogens is 360 g/mol. The van der Waals surface area contributed by atoms with Crippen LogP contribution in [-0.2, 0) is 22.6 Å². The van der Waals surface area contributed by atoms with Crippen molar-refractivity contribution in [3.63, 3.8) is 0 Å². The Kier molecular flexibility index (Phi) is 7.01. The number of ether oxygens (including phenoxy) is 1. The number of benzene rings is 1. The number of thiophene rings is 1. The molecule has 1 saturated heterocycles. The molecule has 0 unspecified atom stereocenters. The van der Waals surface area contributed by atoms with Crippen LogP contribution in [0.1, 0.15) is 33.6 Å². The van der Waals surface area contributed by atoms with E-state index in [9.17, 15) is 9.59 Å². The van der Waals surface area contributed by atoms with Crippen molar-refractivity contribution in [3.05, 3.63) is 57.8 Å². The smallest absolute Gasteiger partial charge is 0.254 e. The molecule has 0 radical (unpaired) electrons. The van der Waals surface area contributed by atoms with Gasteiger partial charge in [-0.05, 0) is 42.3 Å². The first-order valence-corrected chi connectivity index (χ1v) is 10.2. The minimum absolute atomic E-state index is 0.00777. The average molecular weight is 387 g/mol. The molecule has 1 fully saturated rings. The number of amides is 2. The van der Waals surface area contributed by atoms with Gasteiger partial charge in [0.15, 0.2) is 0 Å². The highest BCUT2D eigenvalue weighted by molar-refractivity contribution is 7.09. The van der Waals surface area contributed by atoms with E-state index >= 15 is 0 Å². The van der Waals surface area contributed by atoms with Crippen molar-refractivity contribution in [1.29, 1.82) is 0 Å². The Bertz CT molecular complexity index is 753. The number of methoxy groups -OCH3 is 1. The van der Waals surface area contributed by atoms with Crippen molar-refractivity contribution in [3.8, 4) is 0 Å². The van der Waals surface area contributed by atoms with E-state index in [0.29, 0.717) is 44.6 Å². The van der Waals surface area contributed by atoms with Gasteiger partial charge in [-0.1, -0.05) is 24.3 Å². The summed E-state index contributed by atoms with van der Waals surface area (Å²) in [6, 6.07) is 11.7. The van der Waals surface area contributed by atoms with E-state index in [1.54, 1.807) is 18.4 Å². The predicted molar refractivity (Wildman–Crippen MR) is 107 cm³/mol. The summed E-state index contributed by atoms with van der Waals surface area (Å²) in [6.07, 6.45) is 2.29. The van der Waals surface area contributed by atoms with Crippen molar-refractivity contribution in [1.82, 2.24) is 10.2 Å². The van der Waals surface area contributed by atoms with Gasteiger partial charge in [0, 0.05) is 43.1 Å². The number of hydrogen-bond donors (Lipinski definition) is 1. The Morgan fingerprint density at radius 2 is 1.96 bits per heavy atom. The molecule has 27 heavy (non-hydrogen) atoms. The van der Waals surface area contributed by atoms with Crippen LogP contribution in [0.3, 0.4) is 0 Å². The van der Waals surface area contributed by atoms with Gasteiger partial charge in [-0.2, -0.15) is 0 Å². The number of likely N-dealkylation sites (tertiary alicyclic amines) is 1. The van der Waals surface area contributed by atoms with Crippen LogP contribution < -0.4 is 5.32 Å². The van der Waals surface area contributed by atoms with Crippen LogP contribution >= 0.6 is 11.3 Å². The summed E-state index contributed by atoms with van der Waals surface area (Å²) in [5, 5.41) is 5.09. The van der Waals surface area contributed by atoms with Crippen LogP contribution in [0.4, 0.5) is 0 Å². The molecule has 0 aliphatic carbocycles. The molecule has 0 spiro atoms. The molecule has 3 rings (SSSR count). The third kappa shape index (κ3) is 5.17. The fourth-order valence-electron chi connectivity index (χ4n) is 3.43. The van der Waals surface area contributed by atoms with Gasteiger partial charge in [-0.3, -0.25) is 9.59 Å². The Morgan fingerprint density at radius 3 is 2.67 bits per heavy atom. The molecule has 1 N–H and O–H groups in total. The van der Waals surface area contributed by atoms with Gasteiger partial charge in [0.1, 0.15) is 0 Å². The molecule has 1 aromatic heterocycles. The summed E-state index contributed by atoms with van der Waals surface area (Å²) >= 11 is 1.71. The lowest BCUT2D eigenvalue weighted by Crippen LogP contribution is -2.43. The monoisotopic (exact) mass is 386 g/mol. The molecule has 5 nitrogen and oxygen atoms in total. The topological polar surface area (TPSA) is 58.6 Å². The lowest BCUT2D eigenvalue weighted by Gasteiger charge is -2.31. The molecule has 6 heteroatoms. The fraction of sp³-hybridized carbons (Fsp3) is 0.429. The molecule has 144 valence electrons. The number of carbonyl (C=O) groups is 2. The highest BCUT2D eigenvalue weighted by Crippen LogP contribution is 2.21. The molecular formula is C21H26N2O3S. The van der Waals surface area contributed by atoms with Crippen LogP contribution in [0.2, 0.25) is 0 Å². The zero-order valence-corrected chi connectivity index (χ0v) is 16.5. The van der Waals surface area contributed by atoms with E-state index in [-0.39, 0.29) is 17.7 Å². The largest absolute Gasteiger partial charge is 0.380 e. The zero-order chi connectivity index (χ0) is 19.1. The van der Waals surface area contributed by atoms with E-state index in [0.717, 1.165) is 12.0 Å². The van der Waals surface area contributed by atoms with E-state index in [4.69, 9.17) is 4.74 Å². The van der Waals surface area contributed by atoms with Crippen LogP contribution in [0.15, 0.2) is 41.8 Å². The number of hydrogen-bond acceptors (Lipinski definition) is 4. The minimum Gasteiger partial charge on any atom is -0.380 e. The van der Waals surface area contributed by atoms with Gasteiger partial charge < -0.3 is 15.0 Å². The van der Waals surface area contributed by atoms with Gasteiger partial charge >= 0.3 is 0 Å². The van der Waals surface area contributed by atoms with Crippen molar-refractivity contribution in [2.45, 2.75) is 25.9 Å². The van der Waals surface area contributed by atoms with E-state index in [1.165, 1.54) is 4.88 Å². The molecule has 2 amide bonds. The van der Waals surface area contributed by atoms with Gasteiger partial charge in [0.2, 0.25) is 5.91 Å². The number of carbonyl (C=O) groups excluding carboxylic acids is 2. The summed E-state index contributed by atoms with van der Waals surface area (Å²) < 4.78 is 5.20. The number of nitrogens with zero attached hydrogens (tertiary/aromatic N) is 1. The van der Waals surface area contributed by atoms with Gasteiger partial charge in [-0.15, -0.1) is 11.3 Å². The number of piperidine rings is 1. The van der Waals surface area contributed by atoms with Gasteiger partial charge in [0.05, 0.1) is 6.61 Å². The molecule has 0 bridgehead atoms. The Labute approximate surface area is 164 Å².